The van der Waals surface area contributed by atoms with Crippen LogP contribution in [-0.4, -0.2) is 8.80 Å². The van der Waals surface area contributed by atoms with Crippen LogP contribution in [0.1, 0.15) is 348 Å². The van der Waals surface area contributed by atoms with Gasteiger partial charge in [-0.2, -0.15) is 0 Å². The average Bonchev–Trinajstić information content (AvgIpc) is 3.23. The molecule has 0 atom stereocenters. The highest BCUT2D eigenvalue weighted by atomic mass is 28.3. The fourth-order valence-corrected chi connectivity index (χ4v) is 12.7. The molecule has 0 spiro atoms. The average molecular weight is 831 g/mol. The molecule has 0 rings (SSSR count). The lowest BCUT2D eigenvalue weighted by atomic mass is 10.0. The Labute approximate surface area is 373 Å². The normalized spacial score (nSPS) is 11.8. The minimum absolute atomic E-state index is 0.105. The lowest BCUT2D eigenvalue weighted by molar-refractivity contribution is 0.527. The van der Waals surface area contributed by atoms with E-state index in [0.717, 1.165) is 0 Å². The summed E-state index contributed by atoms with van der Waals surface area (Å²) in [5, 5.41) is 0. The van der Waals surface area contributed by atoms with Gasteiger partial charge < -0.3 is 0 Å². The van der Waals surface area contributed by atoms with E-state index in [2.05, 4.69) is 20.8 Å². The van der Waals surface area contributed by atoms with Crippen LogP contribution in [0.5, 0.6) is 0 Å². The van der Waals surface area contributed by atoms with E-state index in [4.69, 9.17) is 0 Å². The van der Waals surface area contributed by atoms with Gasteiger partial charge in [0.1, 0.15) is 0 Å². The van der Waals surface area contributed by atoms with Crippen molar-refractivity contribution in [1.29, 1.82) is 0 Å². The first kappa shape index (κ1) is 58.2. The highest BCUT2D eigenvalue weighted by Crippen LogP contribution is 2.22. The van der Waals surface area contributed by atoms with Crippen LogP contribution in [0.15, 0.2) is 0 Å². The van der Waals surface area contributed by atoms with E-state index in [1.807, 2.05) is 0 Å². The third-order valence-corrected chi connectivity index (χ3v) is 17.1. The molecule has 0 aliphatic carbocycles. The van der Waals surface area contributed by atoms with Crippen molar-refractivity contribution in [1.82, 2.24) is 0 Å². The van der Waals surface area contributed by atoms with E-state index in [9.17, 15) is 0 Å². The number of hydrogen-bond acceptors (Lipinski definition) is 0. The van der Waals surface area contributed by atoms with E-state index in [-0.39, 0.29) is 8.80 Å². The third-order valence-electron chi connectivity index (χ3n) is 13.9. The Balaban J connectivity index is 3.95. The highest BCUT2D eigenvalue weighted by molar-refractivity contribution is 6.58. The molecule has 0 N–H and O–H groups in total. The topological polar surface area (TPSA) is 0 Å². The summed E-state index contributed by atoms with van der Waals surface area (Å²) in [6.07, 6.45) is 76.1. The molecule has 1 radical (unpaired) electrons. The van der Waals surface area contributed by atoms with Crippen molar-refractivity contribution in [2.24, 2.45) is 0 Å². The summed E-state index contributed by atoms with van der Waals surface area (Å²) in [6.45, 7) is 6.97. The van der Waals surface area contributed by atoms with Crippen molar-refractivity contribution >= 4 is 8.80 Å². The summed E-state index contributed by atoms with van der Waals surface area (Å²) in [5.74, 6) is 0. The van der Waals surface area contributed by atoms with Crippen molar-refractivity contribution in [3.8, 4) is 0 Å². The molecule has 0 aliphatic rings. The van der Waals surface area contributed by atoms with Crippen molar-refractivity contribution < 1.29 is 0 Å². The Morgan fingerprint density at radius 2 is 0.241 bits per heavy atom. The third kappa shape index (κ3) is 52.4. The zero-order valence-corrected chi connectivity index (χ0v) is 42.7. The van der Waals surface area contributed by atoms with Gasteiger partial charge in [0.25, 0.3) is 0 Å². The Morgan fingerprint density at radius 1 is 0.138 bits per heavy atom. The molecule has 0 amide bonds. The van der Waals surface area contributed by atoms with Gasteiger partial charge in [0, 0.05) is 8.80 Å². The maximum atomic E-state index is 2.32. The van der Waals surface area contributed by atoms with Gasteiger partial charge in [-0.05, 0) is 0 Å². The molecule has 0 aliphatic heterocycles. The second-order valence-electron chi connectivity index (χ2n) is 20.0. The molecular weight excluding hydrogens is 713 g/mol. The maximum Gasteiger partial charge on any atom is 0.0479 e. The van der Waals surface area contributed by atoms with Crippen LogP contribution in [0.2, 0.25) is 18.1 Å². The lowest BCUT2D eigenvalue weighted by Gasteiger charge is -2.15. The van der Waals surface area contributed by atoms with Crippen LogP contribution in [0, 0.1) is 0 Å². The molecule has 0 saturated carbocycles. The predicted molar refractivity (Wildman–Crippen MR) is 273 cm³/mol. The predicted octanol–water partition coefficient (Wildman–Crippen LogP) is 22.4. The molecular formula is C57H117Si. The van der Waals surface area contributed by atoms with Crippen LogP contribution in [0.3, 0.4) is 0 Å². The summed E-state index contributed by atoms with van der Waals surface area (Å²) in [4.78, 5) is 0. The minimum Gasteiger partial charge on any atom is -0.0654 e. The van der Waals surface area contributed by atoms with Crippen LogP contribution in [-0.2, 0) is 0 Å². The van der Waals surface area contributed by atoms with Gasteiger partial charge in [0.15, 0.2) is 0 Å². The van der Waals surface area contributed by atoms with Crippen molar-refractivity contribution in [2.75, 3.05) is 0 Å². The summed E-state index contributed by atoms with van der Waals surface area (Å²) in [7, 11) is -0.105. The van der Waals surface area contributed by atoms with E-state index in [1.54, 1.807) is 37.4 Å². The van der Waals surface area contributed by atoms with Crippen molar-refractivity contribution in [3.63, 3.8) is 0 Å². The van der Waals surface area contributed by atoms with Gasteiger partial charge >= 0.3 is 0 Å². The standard InChI is InChI=1S/C57H117Si/c1-4-7-10-13-16-19-22-25-28-31-34-37-40-43-46-49-52-55-58(56-53-50-47-44-41-38-35-32-29-26-23-20-17-14-11-8-5-2)57-54-51-48-45-42-39-36-33-30-27-24-21-18-15-12-9-6-3/h4-57H2,1-3H3. The maximum absolute atomic E-state index is 2.32. The Kier molecular flexibility index (Phi) is 55.4. The number of rotatable bonds is 54. The molecule has 0 bridgehead atoms. The van der Waals surface area contributed by atoms with Gasteiger partial charge in [-0.1, -0.05) is 366 Å². The van der Waals surface area contributed by atoms with Crippen LogP contribution < -0.4 is 0 Å². The zero-order chi connectivity index (χ0) is 41.8. The fourth-order valence-electron chi connectivity index (χ4n) is 9.67. The monoisotopic (exact) mass is 830 g/mol. The molecule has 0 saturated heterocycles. The Bertz CT molecular complexity index is 582. The van der Waals surface area contributed by atoms with Crippen LogP contribution in [0.25, 0.3) is 0 Å². The first-order valence-electron chi connectivity index (χ1n) is 28.7. The number of hydrogen-bond donors (Lipinski definition) is 0. The summed E-state index contributed by atoms with van der Waals surface area (Å²) in [6, 6.07) is 4.92. The highest BCUT2D eigenvalue weighted by Gasteiger charge is 2.11. The van der Waals surface area contributed by atoms with E-state index >= 15 is 0 Å². The Morgan fingerprint density at radius 3 is 0.362 bits per heavy atom. The quantitative estimate of drug-likeness (QED) is 0.0423. The second kappa shape index (κ2) is 55.2. The van der Waals surface area contributed by atoms with Crippen LogP contribution in [0.4, 0.5) is 0 Å². The molecule has 0 aromatic carbocycles. The molecule has 0 aromatic rings. The van der Waals surface area contributed by atoms with Crippen LogP contribution >= 0.6 is 0 Å². The van der Waals surface area contributed by atoms with Gasteiger partial charge in [0.05, 0.1) is 0 Å². The molecule has 0 aromatic heterocycles. The fraction of sp³-hybridized carbons (Fsp3) is 1.00. The molecule has 0 unspecified atom stereocenters. The molecule has 0 heterocycles. The molecule has 0 fully saturated rings. The summed E-state index contributed by atoms with van der Waals surface area (Å²) < 4.78 is 0. The zero-order valence-electron chi connectivity index (χ0n) is 41.7. The first-order chi connectivity index (χ1) is 28.8. The SMILES string of the molecule is CCCCCCCCCCCCCCCCCCC[Si](CCCCCCCCCCCCCCCCCCC)CCCCCCCCCCCCCCCCCCC. The second-order valence-corrected chi connectivity index (χ2v) is 23.0. The smallest absolute Gasteiger partial charge is 0.0479 e. The molecule has 1 heteroatoms. The minimum atomic E-state index is -0.105. The van der Waals surface area contributed by atoms with Crippen molar-refractivity contribution in [2.45, 2.75) is 366 Å². The molecule has 58 heavy (non-hydrogen) atoms. The largest absolute Gasteiger partial charge is 0.0654 e. The summed E-state index contributed by atoms with van der Waals surface area (Å²) >= 11 is 0. The van der Waals surface area contributed by atoms with E-state index < -0.39 is 0 Å². The van der Waals surface area contributed by atoms with Gasteiger partial charge in [-0.15, -0.1) is 0 Å². The lowest BCUT2D eigenvalue weighted by Crippen LogP contribution is -2.12. The molecule has 0 nitrogen and oxygen atoms in total. The van der Waals surface area contributed by atoms with Gasteiger partial charge in [-0.3, -0.25) is 0 Å². The first-order valence-corrected chi connectivity index (χ1v) is 30.8. The van der Waals surface area contributed by atoms with E-state index in [1.165, 1.54) is 308 Å². The van der Waals surface area contributed by atoms with E-state index in [0.29, 0.717) is 0 Å². The van der Waals surface area contributed by atoms with Gasteiger partial charge in [-0.25, -0.2) is 0 Å². The Hall–Kier alpha value is 0.217. The summed E-state index contributed by atoms with van der Waals surface area (Å²) in [5.41, 5.74) is 0. The van der Waals surface area contributed by atoms with Gasteiger partial charge in [0.2, 0.25) is 0 Å². The number of unbranched alkanes of at least 4 members (excludes halogenated alkanes) is 48. The van der Waals surface area contributed by atoms with Crippen molar-refractivity contribution in [3.05, 3.63) is 0 Å². The molecule has 349 valence electrons.